The zero-order chi connectivity index (χ0) is 21.3. The highest BCUT2D eigenvalue weighted by molar-refractivity contribution is 6.09. The Morgan fingerprint density at radius 2 is 1.14 bits per heavy atom. The number of aromatic carboxylic acids is 2. The van der Waals surface area contributed by atoms with E-state index in [1.807, 2.05) is 0 Å². The van der Waals surface area contributed by atoms with E-state index in [4.69, 9.17) is 13.9 Å². The van der Waals surface area contributed by atoms with Gasteiger partial charge < -0.3 is 34.3 Å². The van der Waals surface area contributed by atoms with Crippen LogP contribution in [0.3, 0.4) is 0 Å². The van der Waals surface area contributed by atoms with Gasteiger partial charge in [0.2, 0.25) is 0 Å². The average Bonchev–Trinajstić information content (AvgIpc) is 3.10. The highest BCUT2D eigenvalue weighted by Crippen LogP contribution is 2.41. The summed E-state index contributed by atoms with van der Waals surface area (Å²) in [6, 6.07) is 7.94. The molecule has 150 valence electrons. The summed E-state index contributed by atoms with van der Waals surface area (Å²) in [7, 11) is 2.63. The highest BCUT2D eigenvalue weighted by Gasteiger charge is 2.32. The van der Waals surface area contributed by atoms with Gasteiger partial charge in [-0.25, -0.2) is 9.59 Å². The number of furan rings is 1. The van der Waals surface area contributed by atoms with E-state index in [1.165, 1.54) is 50.6 Å². The molecule has 0 bridgehead atoms. The molecule has 0 saturated carbocycles. The van der Waals surface area contributed by atoms with Crippen LogP contribution in [-0.2, 0) is 0 Å². The minimum atomic E-state index is -1.51. The summed E-state index contributed by atoms with van der Waals surface area (Å²) in [5.41, 5.74) is -0.743. The number of phenolic OH excluding ortho intramolecular Hbond substituents is 2. The fourth-order valence-corrected chi connectivity index (χ4v) is 2.88. The Hall–Kier alpha value is -4.14. The van der Waals surface area contributed by atoms with Crippen molar-refractivity contribution in [2.45, 2.75) is 0 Å². The number of carbonyl (C=O) groups is 2. The van der Waals surface area contributed by atoms with Gasteiger partial charge in [-0.2, -0.15) is 0 Å². The Morgan fingerprint density at radius 3 is 1.45 bits per heavy atom. The van der Waals surface area contributed by atoms with Gasteiger partial charge in [0.15, 0.2) is 23.0 Å². The summed E-state index contributed by atoms with van der Waals surface area (Å²) in [6.07, 6.45) is 0. The molecule has 0 amide bonds. The summed E-state index contributed by atoms with van der Waals surface area (Å²) in [6.45, 7) is 0. The van der Waals surface area contributed by atoms with Crippen molar-refractivity contribution in [2.24, 2.45) is 0 Å². The molecule has 9 heteroatoms. The Balaban J connectivity index is 2.33. The molecule has 3 aromatic rings. The first-order valence-corrected chi connectivity index (χ1v) is 8.16. The van der Waals surface area contributed by atoms with Crippen LogP contribution in [0.5, 0.6) is 23.0 Å². The molecule has 0 aliphatic carbocycles. The van der Waals surface area contributed by atoms with Crippen LogP contribution >= 0.6 is 0 Å². The van der Waals surface area contributed by atoms with Gasteiger partial charge in [-0.05, 0) is 36.4 Å². The summed E-state index contributed by atoms with van der Waals surface area (Å²) in [5.74, 6) is -3.72. The lowest BCUT2D eigenvalue weighted by Gasteiger charge is -2.06. The quantitative estimate of drug-likeness (QED) is 0.488. The number of carboxylic acids is 2. The lowest BCUT2D eigenvalue weighted by atomic mass is 10.0. The van der Waals surface area contributed by atoms with Crippen LogP contribution < -0.4 is 9.47 Å². The van der Waals surface area contributed by atoms with Gasteiger partial charge in [-0.3, -0.25) is 0 Å². The van der Waals surface area contributed by atoms with E-state index in [-0.39, 0.29) is 45.6 Å². The van der Waals surface area contributed by atoms with Gasteiger partial charge in [-0.15, -0.1) is 0 Å². The topological polar surface area (TPSA) is 147 Å². The monoisotopic (exact) mass is 400 g/mol. The molecule has 0 aliphatic rings. The molecule has 0 atom stereocenters. The third-order valence-electron chi connectivity index (χ3n) is 4.22. The molecule has 0 saturated heterocycles. The van der Waals surface area contributed by atoms with Crippen LogP contribution in [0.1, 0.15) is 20.7 Å². The van der Waals surface area contributed by atoms with E-state index in [2.05, 4.69) is 0 Å². The molecule has 4 N–H and O–H groups in total. The second-order valence-corrected chi connectivity index (χ2v) is 5.89. The summed E-state index contributed by atoms with van der Waals surface area (Å²) in [4.78, 5) is 23.8. The Bertz CT molecular complexity index is 1030. The predicted molar refractivity (Wildman–Crippen MR) is 99.9 cm³/mol. The van der Waals surface area contributed by atoms with Gasteiger partial charge in [-0.1, -0.05) is 0 Å². The molecule has 0 aliphatic heterocycles. The van der Waals surface area contributed by atoms with E-state index in [9.17, 15) is 30.0 Å². The number of ether oxygens (including phenoxy) is 2. The molecule has 1 aromatic heterocycles. The van der Waals surface area contributed by atoms with Crippen molar-refractivity contribution < 1.29 is 43.9 Å². The third kappa shape index (κ3) is 3.41. The average molecular weight is 400 g/mol. The van der Waals surface area contributed by atoms with E-state index >= 15 is 0 Å². The smallest absolute Gasteiger partial charge is 0.340 e. The molecule has 0 spiro atoms. The molecule has 0 radical (unpaired) electrons. The molecule has 2 aromatic carbocycles. The van der Waals surface area contributed by atoms with Crippen molar-refractivity contribution in [3.8, 4) is 45.6 Å². The van der Waals surface area contributed by atoms with Crippen LogP contribution in [0.2, 0.25) is 0 Å². The number of hydrogen-bond acceptors (Lipinski definition) is 7. The van der Waals surface area contributed by atoms with Crippen molar-refractivity contribution in [2.75, 3.05) is 14.2 Å². The number of phenols is 2. The number of benzene rings is 2. The maximum absolute atomic E-state index is 11.9. The fraction of sp³-hybridized carbons (Fsp3) is 0.100. The van der Waals surface area contributed by atoms with Crippen LogP contribution in [0, 0.1) is 0 Å². The van der Waals surface area contributed by atoms with Gasteiger partial charge in [0, 0.05) is 11.1 Å². The molecule has 9 nitrogen and oxygen atoms in total. The third-order valence-corrected chi connectivity index (χ3v) is 4.22. The summed E-state index contributed by atoms with van der Waals surface area (Å²) in [5, 5.41) is 38.9. The maximum atomic E-state index is 11.9. The maximum Gasteiger partial charge on any atom is 0.340 e. The van der Waals surface area contributed by atoms with E-state index in [0.29, 0.717) is 0 Å². The van der Waals surface area contributed by atoms with E-state index in [1.54, 1.807) is 0 Å². The summed E-state index contributed by atoms with van der Waals surface area (Å²) < 4.78 is 15.7. The molecule has 0 fully saturated rings. The number of hydrogen-bond donors (Lipinski definition) is 4. The zero-order valence-corrected chi connectivity index (χ0v) is 15.3. The molecule has 3 rings (SSSR count). The number of carboxylic acid groups (broad SMARTS) is 2. The second kappa shape index (κ2) is 7.47. The first-order valence-electron chi connectivity index (χ1n) is 8.16. The van der Waals surface area contributed by atoms with Crippen LogP contribution in [0.25, 0.3) is 22.6 Å². The highest BCUT2D eigenvalue weighted by atomic mass is 16.5. The first kappa shape index (κ1) is 19.6. The number of rotatable bonds is 6. The predicted octanol–water partition coefficient (Wildman–Crippen LogP) is 3.44. The normalized spacial score (nSPS) is 10.6. The minimum absolute atomic E-state index is 0.0555. The Kier molecular flexibility index (Phi) is 5.05. The Labute approximate surface area is 164 Å². The van der Waals surface area contributed by atoms with Crippen molar-refractivity contribution in [1.82, 2.24) is 0 Å². The lowest BCUT2D eigenvalue weighted by Crippen LogP contribution is -2.07. The lowest BCUT2D eigenvalue weighted by molar-refractivity contribution is 0.0654. The van der Waals surface area contributed by atoms with Crippen molar-refractivity contribution in [3.63, 3.8) is 0 Å². The summed E-state index contributed by atoms with van der Waals surface area (Å²) >= 11 is 0. The number of aromatic hydroxyl groups is 2. The van der Waals surface area contributed by atoms with E-state index < -0.39 is 23.1 Å². The van der Waals surface area contributed by atoms with Gasteiger partial charge in [0.25, 0.3) is 0 Å². The van der Waals surface area contributed by atoms with E-state index in [0.717, 1.165) is 0 Å². The Morgan fingerprint density at radius 1 is 0.759 bits per heavy atom. The molecular weight excluding hydrogens is 384 g/mol. The van der Waals surface area contributed by atoms with Gasteiger partial charge >= 0.3 is 11.9 Å². The van der Waals surface area contributed by atoms with Crippen molar-refractivity contribution in [3.05, 3.63) is 47.5 Å². The zero-order valence-electron chi connectivity index (χ0n) is 15.3. The largest absolute Gasteiger partial charge is 0.504 e. The van der Waals surface area contributed by atoms with Gasteiger partial charge in [0.1, 0.15) is 22.6 Å². The fourth-order valence-electron chi connectivity index (χ4n) is 2.88. The minimum Gasteiger partial charge on any atom is -0.504 e. The molecule has 0 unspecified atom stereocenters. The first-order chi connectivity index (χ1) is 13.8. The van der Waals surface area contributed by atoms with Crippen LogP contribution in [0.4, 0.5) is 0 Å². The number of methoxy groups -OCH3 is 2. The van der Waals surface area contributed by atoms with Crippen molar-refractivity contribution in [1.29, 1.82) is 0 Å². The van der Waals surface area contributed by atoms with Gasteiger partial charge in [0.05, 0.1) is 14.2 Å². The van der Waals surface area contributed by atoms with Crippen LogP contribution in [-0.4, -0.2) is 46.6 Å². The SMILES string of the molecule is COc1cc(-c2oc(-c3ccc(O)c(OC)c3)c(C(=O)O)c2C(=O)O)ccc1O. The molecule has 29 heavy (non-hydrogen) atoms. The standard InChI is InChI=1S/C20H16O9/c1-27-13-7-9(3-5-11(13)21)17-15(19(23)24)16(20(25)26)18(29-17)10-4-6-12(22)14(8-10)28-2/h3-8,21-22H,1-2H3,(H,23,24)(H,25,26). The second-order valence-electron chi connectivity index (χ2n) is 5.89. The van der Waals surface area contributed by atoms with Crippen molar-refractivity contribution >= 4 is 11.9 Å². The van der Waals surface area contributed by atoms with Crippen LogP contribution in [0.15, 0.2) is 40.8 Å². The molecule has 1 heterocycles. The molecular formula is C20H16O9.